The van der Waals surface area contributed by atoms with E-state index < -0.39 is 58.9 Å². The van der Waals surface area contributed by atoms with Crippen LogP contribution in [-0.2, 0) is 22.2 Å². The second-order valence-electron chi connectivity index (χ2n) is 9.71. The van der Waals surface area contributed by atoms with Gasteiger partial charge in [0.25, 0.3) is 5.91 Å². The van der Waals surface area contributed by atoms with Crippen molar-refractivity contribution >= 4 is 19.1 Å². The van der Waals surface area contributed by atoms with Gasteiger partial charge in [-0.3, -0.25) is 18.9 Å². The van der Waals surface area contributed by atoms with E-state index in [9.17, 15) is 32.8 Å². The highest BCUT2D eigenvalue weighted by Crippen LogP contribution is 2.42. The summed E-state index contributed by atoms with van der Waals surface area (Å²) in [6.45, 7) is 7.42. The maximum Gasteiger partial charge on any atom is 0.257 e. The SMILES string of the molecule is CCOP(C)(=O)CCCNC1Cn2cc(C(=O)NCc3ccc(F)cc3F)c(=O)c(O)c2C(=O)C1(C)C. The topological polar surface area (TPSA) is 127 Å². The maximum atomic E-state index is 13.9. The van der Waals surface area contributed by atoms with Crippen LogP contribution >= 0.6 is 7.37 Å². The number of benzene rings is 1. The van der Waals surface area contributed by atoms with Gasteiger partial charge in [0.05, 0.1) is 6.61 Å². The van der Waals surface area contributed by atoms with Crippen LogP contribution in [0.4, 0.5) is 8.78 Å². The molecule has 0 aliphatic carbocycles. The summed E-state index contributed by atoms with van der Waals surface area (Å²) in [6, 6.07) is 2.48. The van der Waals surface area contributed by atoms with Gasteiger partial charge in [0.15, 0.2) is 18.9 Å². The zero-order valence-corrected chi connectivity index (χ0v) is 22.2. The van der Waals surface area contributed by atoms with E-state index in [0.29, 0.717) is 31.8 Å². The molecule has 0 radical (unpaired) electrons. The molecule has 0 spiro atoms. The summed E-state index contributed by atoms with van der Waals surface area (Å²) >= 11 is 0. The van der Waals surface area contributed by atoms with Crippen molar-refractivity contribution in [2.75, 3.05) is 26.0 Å². The molecular weight excluding hydrogens is 507 g/mol. The molecule has 1 aromatic heterocycles. The van der Waals surface area contributed by atoms with E-state index in [1.165, 1.54) is 16.8 Å². The number of pyridine rings is 1. The lowest BCUT2D eigenvalue weighted by atomic mass is 9.75. The fourth-order valence-corrected chi connectivity index (χ4v) is 5.73. The smallest absolute Gasteiger partial charge is 0.257 e. The Morgan fingerprint density at radius 1 is 1.30 bits per heavy atom. The Morgan fingerprint density at radius 2 is 2.00 bits per heavy atom. The van der Waals surface area contributed by atoms with Crippen LogP contribution in [0.1, 0.15) is 53.6 Å². The Morgan fingerprint density at radius 3 is 2.65 bits per heavy atom. The molecule has 0 saturated carbocycles. The molecule has 202 valence electrons. The van der Waals surface area contributed by atoms with E-state index >= 15 is 0 Å². The molecule has 2 heterocycles. The first kappa shape index (κ1) is 28.7. The fourth-order valence-electron chi connectivity index (χ4n) is 4.32. The van der Waals surface area contributed by atoms with Gasteiger partial charge in [-0.2, -0.15) is 0 Å². The van der Waals surface area contributed by atoms with Crippen LogP contribution in [0.2, 0.25) is 0 Å². The number of carbonyl (C=O) groups is 2. The summed E-state index contributed by atoms with van der Waals surface area (Å²) in [5.41, 5.74) is -2.60. The molecule has 37 heavy (non-hydrogen) atoms. The van der Waals surface area contributed by atoms with Crippen LogP contribution < -0.4 is 16.1 Å². The number of Topliss-reactive ketones (excluding diaryl/α,β-unsaturated/α-hetero) is 1. The monoisotopic (exact) mass is 539 g/mol. The second kappa shape index (κ2) is 11.2. The van der Waals surface area contributed by atoms with Crippen LogP contribution in [0.5, 0.6) is 5.75 Å². The third-order valence-electron chi connectivity index (χ3n) is 6.54. The van der Waals surface area contributed by atoms with Crippen LogP contribution in [0.3, 0.4) is 0 Å². The number of nitrogens with one attached hydrogen (secondary N) is 2. The van der Waals surface area contributed by atoms with Crippen molar-refractivity contribution < 1.29 is 32.6 Å². The first-order valence-corrected chi connectivity index (χ1v) is 14.2. The van der Waals surface area contributed by atoms with Crippen molar-refractivity contribution in [3.63, 3.8) is 0 Å². The zero-order chi connectivity index (χ0) is 27.5. The molecule has 2 aromatic rings. The number of hydrogen-bond donors (Lipinski definition) is 3. The lowest BCUT2D eigenvalue weighted by Crippen LogP contribution is -2.54. The number of aromatic hydroxyl groups is 1. The van der Waals surface area contributed by atoms with Gasteiger partial charge in [-0.05, 0) is 26.0 Å². The van der Waals surface area contributed by atoms with Gasteiger partial charge in [-0.1, -0.05) is 19.9 Å². The van der Waals surface area contributed by atoms with Crippen LogP contribution in [0, 0.1) is 17.0 Å². The van der Waals surface area contributed by atoms with Gasteiger partial charge in [0.2, 0.25) is 5.43 Å². The van der Waals surface area contributed by atoms with Gasteiger partial charge in [-0.25, -0.2) is 8.78 Å². The molecule has 1 aromatic carbocycles. The van der Waals surface area contributed by atoms with E-state index in [1.54, 1.807) is 27.4 Å². The number of halogens is 2. The van der Waals surface area contributed by atoms with Crippen molar-refractivity contribution in [2.24, 2.45) is 5.41 Å². The summed E-state index contributed by atoms with van der Waals surface area (Å²) < 4.78 is 46.0. The number of hydrogen-bond acceptors (Lipinski definition) is 7. The van der Waals surface area contributed by atoms with Crippen molar-refractivity contribution in [2.45, 2.75) is 46.3 Å². The second-order valence-corrected chi connectivity index (χ2v) is 12.4. The Bertz CT molecular complexity index is 1310. The first-order chi connectivity index (χ1) is 17.3. The van der Waals surface area contributed by atoms with Gasteiger partial charge < -0.3 is 24.8 Å². The highest BCUT2D eigenvalue weighted by Gasteiger charge is 2.44. The molecule has 1 amide bonds. The molecule has 0 saturated heterocycles. The normalized spacial score (nSPS) is 18.2. The minimum absolute atomic E-state index is 0.0131. The standard InChI is InChI=1S/C25H32F2N3O6P/c1-5-36-37(4,35)10-6-9-28-19-14-30-13-17(21(31)22(32)20(30)23(33)25(19,2)3)24(34)29-12-15-7-8-16(26)11-18(15)27/h7-8,11,13,19,28,32H,5-6,9-10,12,14H2,1-4H3,(H,29,34). The highest BCUT2D eigenvalue weighted by molar-refractivity contribution is 7.58. The van der Waals surface area contributed by atoms with Gasteiger partial charge in [-0.15, -0.1) is 0 Å². The molecule has 0 fully saturated rings. The van der Waals surface area contributed by atoms with E-state index in [0.717, 1.165) is 6.07 Å². The molecule has 12 heteroatoms. The largest absolute Gasteiger partial charge is 0.503 e. The number of ketones is 1. The minimum atomic E-state index is -2.69. The summed E-state index contributed by atoms with van der Waals surface area (Å²) in [6.07, 6.45) is 2.12. The third-order valence-corrected chi connectivity index (χ3v) is 8.47. The number of amides is 1. The molecule has 1 aliphatic rings. The predicted molar refractivity (Wildman–Crippen MR) is 134 cm³/mol. The molecule has 3 N–H and O–H groups in total. The van der Waals surface area contributed by atoms with Crippen LogP contribution in [0.15, 0.2) is 29.2 Å². The number of carbonyl (C=O) groups excluding carboxylic acids is 2. The lowest BCUT2D eigenvalue weighted by Gasteiger charge is -2.40. The molecule has 2 unspecified atom stereocenters. The highest BCUT2D eigenvalue weighted by atomic mass is 31.2. The molecule has 9 nitrogen and oxygen atoms in total. The summed E-state index contributed by atoms with van der Waals surface area (Å²) in [5, 5.41) is 16.3. The summed E-state index contributed by atoms with van der Waals surface area (Å²) in [5.74, 6) is -3.80. The van der Waals surface area contributed by atoms with Crippen LogP contribution in [0.25, 0.3) is 0 Å². The predicted octanol–water partition coefficient (Wildman–Crippen LogP) is 3.28. The van der Waals surface area contributed by atoms with E-state index in [-0.39, 0.29) is 24.3 Å². The fraction of sp³-hybridized carbons (Fsp3) is 0.480. The number of fused-ring (bicyclic) bond motifs is 1. The number of rotatable bonds is 10. The van der Waals surface area contributed by atoms with Gasteiger partial charge in [0.1, 0.15) is 22.9 Å². The van der Waals surface area contributed by atoms with Crippen molar-refractivity contribution in [1.82, 2.24) is 15.2 Å². The third kappa shape index (κ3) is 6.34. The van der Waals surface area contributed by atoms with Crippen molar-refractivity contribution in [3.05, 3.63) is 63.1 Å². The molecule has 1 aliphatic heterocycles. The Hall–Kier alpha value is -2.88. The van der Waals surface area contributed by atoms with E-state index in [4.69, 9.17) is 4.52 Å². The van der Waals surface area contributed by atoms with Gasteiger partial charge in [0, 0.05) is 55.2 Å². The van der Waals surface area contributed by atoms with Crippen molar-refractivity contribution in [1.29, 1.82) is 0 Å². The number of nitrogens with zero attached hydrogens (tertiary/aromatic N) is 1. The average molecular weight is 540 g/mol. The Labute approximate surface area is 213 Å². The maximum absolute atomic E-state index is 13.9. The van der Waals surface area contributed by atoms with Crippen molar-refractivity contribution in [3.8, 4) is 5.75 Å². The molecule has 0 bridgehead atoms. The first-order valence-electron chi connectivity index (χ1n) is 12.0. The van der Waals surface area contributed by atoms with E-state index in [2.05, 4.69) is 10.6 Å². The average Bonchev–Trinajstić information content (AvgIpc) is 2.81. The Kier molecular flexibility index (Phi) is 8.72. The molecule has 2 atom stereocenters. The minimum Gasteiger partial charge on any atom is -0.503 e. The van der Waals surface area contributed by atoms with E-state index in [1.807, 2.05) is 0 Å². The number of aromatic nitrogens is 1. The quantitative estimate of drug-likeness (QED) is 0.313. The Balaban J connectivity index is 1.79. The van der Waals surface area contributed by atoms with Crippen LogP contribution in [-0.4, -0.2) is 53.4 Å². The van der Waals surface area contributed by atoms with Gasteiger partial charge >= 0.3 is 0 Å². The zero-order valence-electron chi connectivity index (χ0n) is 21.3. The summed E-state index contributed by atoms with van der Waals surface area (Å²) in [4.78, 5) is 38.7. The lowest BCUT2D eigenvalue weighted by molar-refractivity contribution is 0.0698. The molecule has 3 rings (SSSR count). The summed E-state index contributed by atoms with van der Waals surface area (Å²) in [7, 11) is -2.69. The molecular formula is C25H32F2N3O6P.